The van der Waals surface area contributed by atoms with Crippen LogP contribution in [0, 0.1) is 13.8 Å². The summed E-state index contributed by atoms with van der Waals surface area (Å²) in [5, 5.41) is 4.48. The number of carbonyl (C=O) groups excluding carboxylic acids is 1. The summed E-state index contributed by atoms with van der Waals surface area (Å²) in [5.41, 5.74) is 3.95. The molecule has 2 fully saturated rings. The number of hydrogen-bond donors (Lipinski definition) is 0. The van der Waals surface area contributed by atoms with Crippen molar-refractivity contribution in [1.29, 1.82) is 0 Å². The molecule has 0 N–H and O–H groups in total. The molecule has 0 radical (unpaired) electrons. The van der Waals surface area contributed by atoms with Crippen LogP contribution in [0.1, 0.15) is 37.1 Å². The lowest BCUT2D eigenvalue weighted by molar-refractivity contribution is -0.133. The molecule has 7 heteroatoms. The minimum Gasteiger partial charge on any atom is -0.336 e. The molecule has 0 spiro atoms. The molecule has 0 atom stereocenters. The van der Waals surface area contributed by atoms with Gasteiger partial charge in [-0.3, -0.25) is 9.48 Å². The molecule has 3 heterocycles. The topological polar surface area (TPSA) is 67.2 Å². The Hall–Kier alpha value is -2.44. The fourth-order valence-corrected chi connectivity index (χ4v) is 4.24. The first-order valence-electron chi connectivity index (χ1n) is 9.42. The van der Waals surface area contributed by atoms with E-state index in [9.17, 15) is 4.79 Å². The lowest BCUT2D eigenvalue weighted by Gasteiger charge is -2.37. The van der Waals surface area contributed by atoms with Crippen molar-refractivity contribution in [2.45, 2.75) is 45.6 Å². The molecule has 1 amide bonds. The first-order chi connectivity index (χ1) is 12.5. The zero-order valence-corrected chi connectivity index (χ0v) is 15.8. The summed E-state index contributed by atoms with van der Waals surface area (Å²) >= 11 is 0. The van der Waals surface area contributed by atoms with E-state index in [4.69, 9.17) is 4.98 Å². The van der Waals surface area contributed by atoms with Crippen LogP contribution in [-0.2, 0) is 11.8 Å². The third-order valence-electron chi connectivity index (χ3n) is 5.71. The maximum absolute atomic E-state index is 12.6. The number of rotatable bonds is 3. The summed E-state index contributed by atoms with van der Waals surface area (Å²) < 4.78 is 1.87. The van der Waals surface area contributed by atoms with Crippen LogP contribution < -0.4 is 4.90 Å². The number of piperazine rings is 1. The number of hydrogen-bond acceptors (Lipinski definition) is 5. The van der Waals surface area contributed by atoms with E-state index >= 15 is 0 Å². The monoisotopic (exact) mass is 354 g/mol. The number of amides is 1. The summed E-state index contributed by atoms with van der Waals surface area (Å²) in [6.45, 7) is 5.96. The third kappa shape index (κ3) is 2.95. The molecule has 1 saturated carbocycles. The van der Waals surface area contributed by atoms with Crippen molar-refractivity contribution in [2.24, 2.45) is 7.05 Å². The summed E-state index contributed by atoms with van der Waals surface area (Å²) in [4.78, 5) is 25.9. The van der Waals surface area contributed by atoms with Crippen LogP contribution in [0.25, 0.3) is 11.3 Å². The lowest BCUT2D eigenvalue weighted by atomic mass is 10.1. The molecule has 2 aromatic heterocycles. The first-order valence-corrected chi connectivity index (χ1v) is 9.42. The molecule has 1 aliphatic carbocycles. The maximum Gasteiger partial charge on any atom is 0.242 e. The lowest BCUT2D eigenvalue weighted by Crippen LogP contribution is -2.54. The Morgan fingerprint density at radius 3 is 2.58 bits per heavy atom. The van der Waals surface area contributed by atoms with Crippen LogP contribution in [0.3, 0.4) is 0 Å². The SMILES string of the molecule is Cc1nn(C)c(C)c1-c1ccnc(N2CCN(C3CCCC3)C(=O)C2)n1. The predicted octanol–water partition coefficient (Wildman–Crippen LogP) is 2.09. The van der Waals surface area contributed by atoms with Gasteiger partial charge in [-0.15, -0.1) is 0 Å². The van der Waals surface area contributed by atoms with Crippen LogP contribution in [0.4, 0.5) is 5.95 Å². The van der Waals surface area contributed by atoms with Gasteiger partial charge in [-0.25, -0.2) is 9.97 Å². The zero-order valence-electron chi connectivity index (χ0n) is 15.8. The molecule has 0 aromatic carbocycles. The molecule has 26 heavy (non-hydrogen) atoms. The first kappa shape index (κ1) is 17.0. The van der Waals surface area contributed by atoms with Crippen molar-refractivity contribution in [2.75, 3.05) is 24.5 Å². The zero-order chi connectivity index (χ0) is 18.3. The fraction of sp³-hybridized carbons (Fsp3) is 0.579. The van der Waals surface area contributed by atoms with Gasteiger partial charge in [0.2, 0.25) is 11.9 Å². The standard InChI is InChI=1S/C19H26N6O/c1-13-18(14(2)23(3)22-13)16-8-9-20-19(21-16)24-10-11-25(17(26)12-24)15-6-4-5-7-15/h8-9,15H,4-7,10-12H2,1-3H3. The van der Waals surface area contributed by atoms with Gasteiger partial charge in [-0.1, -0.05) is 12.8 Å². The van der Waals surface area contributed by atoms with Gasteiger partial charge >= 0.3 is 0 Å². The highest BCUT2D eigenvalue weighted by molar-refractivity contribution is 5.82. The Labute approximate surface area is 154 Å². The highest BCUT2D eigenvalue weighted by atomic mass is 16.2. The minimum absolute atomic E-state index is 0.200. The van der Waals surface area contributed by atoms with Gasteiger partial charge in [0, 0.05) is 43.6 Å². The number of anilines is 1. The van der Waals surface area contributed by atoms with E-state index in [0.717, 1.165) is 48.6 Å². The summed E-state index contributed by atoms with van der Waals surface area (Å²) in [6.07, 6.45) is 6.56. The highest BCUT2D eigenvalue weighted by Crippen LogP contribution is 2.28. The molecule has 1 saturated heterocycles. The molecule has 4 rings (SSSR count). The second-order valence-corrected chi connectivity index (χ2v) is 7.36. The van der Waals surface area contributed by atoms with Crippen LogP contribution in [0.5, 0.6) is 0 Å². The average molecular weight is 354 g/mol. The van der Waals surface area contributed by atoms with Crippen molar-refractivity contribution >= 4 is 11.9 Å². The van der Waals surface area contributed by atoms with E-state index < -0.39 is 0 Å². The Morgan fingerprint density at radius 2 is 1.92 bits per heavy atom. The summed E-state index contributed by atoms with van der Waals surface area (Å²) in [5.74, 6) is 0.829. The van der Waals surface area contributed by atoms with E-state index in [1.165, 1.54) is 12.8 Å². The van der Waals surface area contributed by atoms with Gasteiger partial charge in [-0.05, 0) is 32.8 Å². The van der Waals surface area contributed by atoms with Crippen molar-refractivity contribution in [3.05, 3.63) is 23.7 Å². The van der Waals surface area contributed by atoms with Crippen LogP contribution in [0.15, 0.2) is 12.3 Å². The van der Waals surface area contributed by atoms with Crippen LogP contribution in [0.2, 0.25) is 0 Å². The van der Waals surface area contributed by atoms with E-state index in [1.54, 1.807) is 6.20 Å². The average Bonchev–Trinajstić information content (AvgIpc) is 3.24. The van der Waals surface area contributed by atoms with Gasteiger partial charge in [0.25, 0.3) is 0 Å². The molecule has 0 unspecified atom stereocenters. The molecular formula is C19H26N6O. The second-order valence-electron chi connectivity index (χ2n) is 7.36. The number of aryl methyl sites for hydroxylation is 2. The molecule has 2 aromatic rings. The molecule has 7 nitrogen and oxygen atoms in total. The second kappa shape index (κ2) is 6.70. The fourth-order valence-electron chi connectivity index (χ4n) is 4.24. The Bertz CT molecular complexity index is 823. The van der Waals surface area contributed by atoms with Crippen molar-refractivity contribution in [3.63, 3.8) is 0 Å². The highest BCUT2D eigenvalue weighted by Gasteiger charge is 2.32. The quantitative estimate of drug-likeness (QED) is 0.844. The predicted molar refractivity (Wildman–Crippen MR) is 99.9 cm³/mol. The summed E-state index contributed by atoms with van der Waals surface area (Å²) in [6, 6.07) is 2.36. The molecular weight excluding hydrogens is 328 g/mol. The van der Waals surface area contributed by atoms with E-state index in [0.29, 0.717) is 18.5 Å². The van der Waals surface area contributed by atoms with E-state index in [-0.39, 0.29) is 5.91 Å². The van der Waals surface area contributed by atoms with Gasteiger partial charge in [0.1, 0.15) is 6.54 Å². The molecule has 2 aliphatic rings. The number of aromatic nitrogens is 4. The minimum atomic E-state index is 0.200. The smallest absolute Gasteiger partial charge is 0.242 e. The van der Waals surface area contributed by atoms with E-state index in [1.807, 2.05) is 36.5 Å². The number of carbonyl (C=O) groups is 1. The third-order valence-corrected chi connectivity index (χ3v) is 5.71. The maximum atomic E-state index is 12.6. The molecule has 1 aliphatic heterocycles. The molecule has 138 valence electrons. The Morgan fingerprint density at radius 1 is 1.15 bits per heavy atom. The van der Waals surface area contributed by atoms with Crippen molar-refractivity contribution < 1.29 is 4.79 Å². The van der Waals surface area contributed by atoms with Gasteiger partial charge in [-0.2, -0.15) is 5.10 Å². The van der Waals surface area contributed by atoms with Crippen LogP contribution >= 0.6 is 0 Å². The van der Waals surface area contributed by atoms with Crippen molar-refractivity contribution in [3.8, 4) is 11.3 Å². The van der Waals surface area contributed by atoms with Gasteiger partial charge in [0.15, 0.2) is 0 Å². The Kier molecular flexibility index (Phi) is 4.38. The Balaban J connectivity index is 1.55. The normalized spacial score (nSPS) is 18.8. The molecule has 0 bridgehead atoms. The van der Waals surface area contributed by atoms with Crippen LogP contribution in [-0.4, -0.2) is 56.2 Å². The number of nitrogens with zero attached hydrogens (tertiary/aromatic N) is 6. The van der Waals surface area contributed by atoms with Crippen molar-refractivity contribution in [1.82, 2.24) is 24.6 Å². The van der Waals surface area contributed by atoms with Gasteiger partial charge < -0.3 is 9.80 Å². The largest absolute Gasteiger partial charge is 0.336 e. The van der Waals surface area contributed by atoms with E-state index in [2.05, 4.69) is 15.0 Å². The summed E-state index contributed by atoms with van der Waals surface area (Å²) in [7, 11) is 1.94. The van der Waals surface area contributed by atoms with Gasteiger partial charge in [0.05, 0.1) is 11.4 Å².